The van der Waals surface area contributed by atoms with E-state index >= 15 is 0 Å². The molecule has 1 aromatic rings. The minimum Gasteiger partial charge on any atom is -0.384 e. The highest BCUT2D eigenvalue weighted by Gasteiger charge is 2.67. The summed E-state index contributed by atoms with van der Waals surface area (Å²) in [6.45, 7) is 0.490. The Morgan fingerprint density at radius 1 is 1.38 bits per heavy atom. The average molecular weight is 301 g/mol. The molecule has 3 fully saturated rings. The molecule has 3 aliphatic carbocycles. The van der Waals surface area contributed by atoms with Crippen LogP contribution in [0.5, 0.6) is 0 Å². The van der Waals surface area contributed by atoms with Crippen molar-refractivity contribution in [2.75, 3.05) is 6.61 Å². The van der Waals surface area contributed by atoms with Crippen molar-refractivity contribution < 1.29 is 9.90 Å². The highest BCUT2D eigenvalue weighted by molar-refractivity contribution is 7.10. The van der Waals surface area contributed by atoms with Gasteiger partial charge in [-0.25, -0.2) is 0 Å². The summed E-state index contributed by atoms with van der Waals surface area (Å²) in [4.78, 5) is 13.4. The van der Waals surface area contributed by atoms with Gasteiger partial charge in [0.2, 0.25) is 5.91 Å². The molecular formula is C17H19NO2S. The average Bonchev–Trinajstić information content (AvgIpc) is 2.86. The molecule has 0 spiro atoms. The van der Waals surface area contributed by atoms with Crippen molar-refractivity contribution >= 4 is 17.2 Å². The largest absolute Gasteiger partial charge is 0.384 e. The SMILES string of the molecule is O=C(NCc1cc(C#CCO)cs1)C1C2C3CCC(C3)C12. The topological polar surface area (TPSA) is 49.3 Å². The molecule has 0 saturated heterocycles. The number of carbonyl (C=O) groups is 1. The van der Waals surface area contributed by atoms with Gasteiger partial charge in [-0.05, 0) is 49.0 Å². The molecule has 3 nitrogen and oxygen atoms in total. The predicted molar refractivity (Wildman–Crippen MR) is 81.4 cm³/mol. The lowest BCUT2D eigenvalue weighted by Gasteiger charge is -2.08. The maximum atomic E-state index is 12.3. The van der Waals surface area contributed by atoms with E-state index in [1.807, 2.05) is 11.4 Å². The Morgan fingerprint density at radius 2 is 2.14 bits per heavy atom. The molecule has 0 radical (unpaired) electrons. The van der Waals surface area contributed by atoms with Crippen LogP contribution in [0.3, 0.4) is 0 Å². The van der Waals surface area contributed by atoms with Crippen LogP contribution in [0, 0.1) is 41.4 Å². The Hall–Kier alpha value is -1.31. The number of rotatable bonds is 3. The van der Waals surface area contributed by atoms with Crippen LogP contribution in [-0.4, -0.2) is 17.6 Å². The van der Waals surface area contributed by atoms with E-state index in [1.165, 1.54) is 19.3 Å². The first-order chi connectivity index (χ1) is 10.3. The fourth-order valence-corrected chi connectivity index (χ4v) is 5.40. The molecule has 2 bridgehead atoms. The first-order valence-corrected chi connectivity index (χ1v) is 8.60. The van der Waals surface area contributed by atoms with Crippen molar-refractivity contribution in [1.29, 1.82) is 0 Å². The molecule has 1 heterocycles. The molecule has 0 aliphatic heterocycles. The lowest BCUT2D eigenvalue weighted by atomic mass is 10.0. The van der Waals surface area contributed by atoms with E-state index in [-0.39, 0.29) is 12.5 Å². The van der Waals surface area contributed by atoms with E-state index in [9.17, 15) is 4.79 Å². The van der Waals surface area contributed by atoms with Gasteiger partial charge in [-0.15, -0.1) is 11.3 Å². The van der Waals surface area contributed by atoms with Crippen LogP contribution in [0.25, 0.3) is 0 Å². The molecule has 4 rings (SSSR count). The number of hydrogen-bond acceptors (Lipinski definition) is 3. The fraction of sp³-hybridized carbons (Fsp3) is 0.588. The van der Waals surface area contributed by atoms with Gasteiger partial charge in [-0.2, -0.15) is 0 Å². The second-order valence-electron chi connectivity index (χ2n) is 6.49. The van der Waals surface area contributed by atoms with Crippen LogP contribution < -0.4 is 5.32 Å². The van der Waals surface area contributed by atoms with Crippen molar-refractivity contribution in [3.8, 4) is 11.8 Å². The van der Waals surface area contributed by atoms with E-state index in [0.29, 0.717) is 24.3 Å². The minimum absolute atomic E-state index is 0.116. The van der Waals surface area contributed by atoms with E-state index in [0.717, 1.165) is 22.3 Å². The second kappa shape index (κ2) is 5.15. The van der Waals surface area contributed by atoms with Crippen LogP contribution in [-0.2, 0) is 11.3 Å². The number of aliphatic hydroxyl groups is 1. The molecule has 1 amide bonds. The summed E-state index contributed by atoms with van der Waals surface area (Å²) in [6, 6.07) is 1.99. The Morgan fingerprint density at radius 3 is 2.86 bits per heavy atom. The third-order valence-electron chi connectivity index (χ3n) is 5.44. The molecule has 0 aromatic carbocycles. The monoisotopic (exact) mass is 301 g/mol. The minimum atomic E-state index is -0.116. The lowest BCUT2D eigenvalue weighted by molar-refractivity contribution is -0.123. The molecular weight excluding hydrogens is 282 g/mol. The zero-order chi connectivity index (χ0) is 14.4. The molecule has 2 N–H and O–H groups in total. The molecule has 110 valence electrons. The van der Waals surface area contributed by atoms with Crippen LogP contribution in [0.4, 0.5) is 0 Å². The lowest BCUT2D eigenvalue weighted by Crippen LogP contribution is -2.26. The smallest absolute Gasteiger partial charge is 0.224 e. The molecule has 4 atom stereocenters. The Bertz CT molecular complexity index is 610. The standard InChI is InChI=1S/C17H19NO2S/c19-5-1-2-10-6-13(21-9-10)8-18-17(20)16-14-11-3-4-12(7-11)15(14)16/h6,9,11-12,14-16,19H,3-5,7-8H2,(H,18,20). The zero-order valence-electron chi connectivity index (χ0n) is 11.8. The van der Waals surface area contributed by atoms with Crippen LogP contribution in [0.1, 0.15) is 29.7 Å². The highest BCUT2D eigenvalue weighted by atomic mass is 32.1. The van der Waals surface area contributed by atoms with E-state index in [4.69, 9.17) is 5.11 Å². The van der Waals surface area contributed by atoms with Gasteiger partial charge in [-0.3, -0.25) is 4.79 Å². The normalized spacial score (nSPS) is 35.0. The summed E-state index contributed by atoms with van der Waals surface area (Å²) in [7, 11) is 0. The van der Waals surface area contributed by atoms with Crippen molar-refractivity contribution in [2.45, 2.75) is 25.8 Å². The third kappa shape index (κ3) is 2.29. The summed E-state index contributed by atoms with van der Waals surface area (Å²) in [5.41, 5.74) is 0.916. The first-order valence-electron chi connectivity index (χ1n) is 7.73. The molecule has 1 aromatic heterocycles. The van der Waals surface area contributed by atoms with Gasteiger partial charge in [0.25, 0.3) is 0 Å². The molecule has 3 saturated carbocycles. The molecule has 21 heavy (non-hydrogen) atoms. The number of nitrogens with one attached hydrogen (secondary N) is 1. The number of thiophene rings is 1. The van der Waals surface area contributed by atoms with E-state index < -0.39 is 0 Å². The maximum Gasteiger partial charge on any atom is 0.224 e. The Kier molecular flexibility index (Phi) is 3.28. The number of hydrogen-bond donors (Lipinski definition) is 2. The molecule has 4 heteroatoms. The second-order valence-corrected chi connectivity index (χ2v) is 7.49. The molecule has 3 aliphatic rings. The zero-order valence-corrected chi connectivity index (χ0v) is 12.7. The van der Waals surface area contributed by atoms with Crippen LogP contribution in [0.15, 0.2) is 11.4 Å². The maximum absolute atomic E-state index is 12.3. The fourth-order valence-electron chi connectivity index (χ4n) is 4.65. The predicted octanol–water partition coefficient (Wildman–Crippen LogP) is 2.00. The van der Waals surface area contributed by atoms with Crippen LogP contribution in [0.2, 0.25) is 0 Å². The van der Waals surface area contributed by atoms with Gasteiger partial charge in [0.1, 0.15) is 6.61 Å². The van der Waals surface area contributed by atoms with Crippen LogP contribution >= 0.6 is 11.3 Å². The van der Waals surface area contributed by atoms with Gasteiger partial charge in [-0.1, -0.05) is 11.8 Å². The summed E-state index contributed by atoms with van der Waals surface area (Å²) < 4.78 is 0. The van der Waals surface area contributed by atoms with Gasteiger partial charge >= 0.3 is 0 Å². The third-order valence-corrected chi connectivity index (χ3v) is 6.38. The van der Waals surface area contributed by atoms with Crippen molar-refractivity contribution in [2.24, 2.45) is 29.6 Å². The van der Waals surface area contributed by atoms with Crippen molar-refractivity contribution in [3.05, 3.63) is 21.9 Å². The van der Waals surface area contributed by atoms with E-state index in [2.05, 4.69) is 17.2 Å². The highest BCUT2D eigenvalue weighted by Crippen LogP contribution is 2.69. The number of carbonyl (C=O) groups excluding carboxylic acids is 1. The van der Waals surface area contributed by atoms with E-state index in [1.54, 1.807) is 11.3 Å². The van der Waals surface area contributed by atoms with Gasteiger partial charge in [0, 0.05) is 21.7 Å². The first kappa shape index (κ1) is 13.4. The number of aliphatic hydroxyl groups excluding tert-OH is 1. The summed E-state index contributed by atoms with van der Waals surface area (Å²) in [5, 5.41) is 13.7. The molecule has 4 unspecified atom stereocenters. The number of amides is 1. The summed E-state index contributed by atoms with van der Waals surface area (Å²) >= 11 is 1.61. The van der Waals surface area contributed by atoms with Crippen molar-refractivity contribution in [1.82, 2.24) is 5.32 Å². The number of fused-ring (bicyclic) bond motifs is 5. The van der Waals surface area contributed by atoms with Gasteiger partial charge in [0.15, 0.2) is 0 Å². The Labute approximate surface area is 128 Å². The summed E-state index contributed by atoms with van der Waals surface area (Å²) in [6.07, 6.45) is 4.10. The van der Waals surface area contributed by atoms with Crippen molar-refractivity contribution in [3.63, 3.8) is 0 Å². The van der Waals surface area contributed by atoms with Gasteiger partial charge in [0.05, 0.1) is 6.54 Å². The quantitative estimate of drug-likeness (QED) is 0.839. The summed E-state index contributed by atoms with van der Waals surface area (Å²) in [5.74, 6) is 9.20. The Balaban J connectivity index is 1.31. The van der Waals surface area contributed by atoms with Gasteiger partial charge < -0.3 is 10.4 Å².